The Balaban J connectivity index is 1.39. The van der Waals surface area contributed by atoms with Gasteiger partial charge in [-0.25, -0.2) is 0 Å². The molecule has 0 spiro atoms. The number of hydrogen-bond acceptors (Lipinski definition) is 4. The standard InChI is InChI=1S/C33H54N2O3/c1-27(2)25-29(34-32(36)24-16-5-3-4-9-17-28-18-10-6-11-19-28)26-33(37)38-35(30-20-12-7-13-21-30)31-22-14-8-15-23-31/h6,10-11,18-19,27,29-31H,3-5,7-9,12-17,20-26H2,1-2H3,(H,34,36)/t29-/m1/s1. The van der Waals surface area contributed by atoms with Gasteiger partial charge in [0.2, 0.25) is 5.91 Å². The second-order valence-corrected chi connectivity index (χ2v) is 12.3. The normalized spacial score (nSPS) is 18.0. The zero-order valence-corrected chi connectivity index (χ0v) is 24.3. The van der Waals surface area contributed by atoms with Crippen LogP contribution in [0.4, 0.5) is 0 Å². The summed E-state index contributed by atoms with van der Waals surface area (Å²) in [6.07, 6.45) is 20.3. The van der Waals surface area contributed by atoms with Crippen LogP contribution in [0.15, 0.2) is 30.3 Å². The largest absolute Gasteiger partial charge is 0.367 e. The fourth-order valence-corrected chi connectivity index (χ4v) is 6.33. The first kappa shape index (κ1) is 30.7. The zero-order valence-electron chi connectivity index (χ0n) is 24.3. The van der Waals surface area contributed by atoms with Crippen LogP contribution in [-0.2, 0) is 20.8 Å². The molecule has 2 saturated carbocycles. The van der Waals surface area contributed by atoms with Crippen molar-refractivity contribution in [2.24, 2.45) is 5.92 Å². The maximum absolute atomic E-state index is 13.2. The Morgan fingerprint density at radius 3 is 2.03 bits per heavy atom. The van der Waals surface area contributed by atoms with Gasteiger partial charge in [-0.2, -0.15) is 0 Å². The molecule has 0 radical (unpaired) electrons. The van der Waals surface area contributed by atoms with E-state index in [9.17, 15) is 9.59 Å². The summed E-state index contributed by atoms with van der Waals surface area (Å²) in [5, 5.41) is 5.28. The number of carbonyl (C=O) groups is 2. The van der Waals surface area contributed by atoms with Gasteiger partial charge in [-0.1, -0.05) is 102 Å². The van der Waals surface area contributed by atoms with Gasteiger partial charge in [0.05, 0.1) is 6.42 Å². The number of carbonyl (C=O) groups excluding carboxylic acids is 2. The first-order valence-corrected chi connectivity index (χ1v) is 15.8. The van der Waals surface area contributed by atoms with Gasteiger partial charge in [-0.3, -0.25) is 9.59 Å². The number of benzene rings is 1. The Bertz CT molecular complexity index is 767. The van der Waals surface area contributed by atoms with E-state index in [1.165, 1.54) is 63.4 Å². The van der Waals surface area contributed by atoms with Crippen LogP contribution in [0, 0.1) is 5.92 Å². The Labute approximate surface area is 232 Å². The van der Waals surface area contributed by atoms with E-state index < -0.39 is 0 Å². The summed E-state index contributed by atoms with van der Waals surface area (Å²) >= 11 is 0. The summed E-state index contributed by atoms with van der Waals surface area (Å²) in [5.74, 6) is 0.306. The number of hydrogen-bond donors (Lipinski definition) is 1. The van der Waals surface area contributed by atoms with Crippen LogP contribution in [0.2, 0.25) is 0 Å². The molecule has 5 nitrogen and oxygen atoms in total. The summed E-state index contributed by atoms with van der Waals surface area (Å²) in [5.41, 5.74) is 1.40. The zero-order chi connectivity index (χ0) is 27.0. The van der Waals surface area contributed by atoms with Crippen molar-refractivity contribution in [1.29, 1.82) is 0 Å². The number of nitrogens with one attached hydrogen (secondary N) is 1. The highest BCUT2D eigenvalue weighted by Crippen LogP contribution is 2.30. The van der Waals surface area contributed by atoms with Crippen LogP contribution < -0.4 is 5.32 Å². The topological polar surface area (TPSA) is 58.6 Å². The molecule has 0 unspecified atom stereocenters. The maximum Gasteiger partial charge on any atom is 0.327 e. The lowest BCUT2D eigenvalue weighted by Crippen LogP contribution is -2.47. The minimum atomic E-state index is -0.175. The van der Waals surface area contributed by atoms with Crippen LogP contribution in [0.25, 0.3) is 0 Å². The number of nitrogens with zero attached hydrogens (tertiary/aromatic N) is 1. The molecule has 0 heterocycles. The van der Waals surface area contributed by atoms with Gasteiger partial charge < -0.3 is 10.2 Å². The minimum absolute atomic E-state index is 0.0733. The van der Waals surface area contributed by atoms with Crippen LogP contribution in [0.1, 0.15) is 135 Å². The molecule has 5 heteroatoms. The van der Waals surface area contributed by atoms with Crippen LogP contribution in [-0.4, -0.2) is 35.1 Å². The molecule has 0 bridgehead atoms. The van der Waals surface area contributed by atoms with Crippen LogP contribution in [0.5, 0.6) is 0 Å². The third-order valence-electron chi connectivity index (χ3n) is 8.32. The van der Waals surface area contributed by atoms with E-state index in [4.69, 9.17) is 4.84 Å². The van der Waals surface area contributed by atoms with Gasteiger partial charge in [0.1, 0.15) is 0 Å². The summed E-state index contributed by atoms with van der Waals surface area (Å²) in [6.45, 7) is 4.30. The highest BCUT2D eigenvalue weighted by molar-refractivity contribution is 5.77. The maximum atomic E-state index is 13.2. The third-order valence-corrected chi connectivity index (χ3v) is 8.32. The van der Waals surface area contributed by atoms with E-state index >= 15 is 0 Å². The van der Waals surface area contributed by atoms with Crippen LogP contribution in [0.3, 0.4) is 0 Å². The average Bonchev–Trinajstić information content (AvgIpc) is 2.92. The molecule has 3 rings (SSSR count). The molecule has 0 aromatic heterocycles. The Morgan fingerprint density at radius 1 is 0.842 bits per heavy atom. The Hall–Kier alpha value is -1.88. The van der Waals surface area contributed by atoms with Crippen molar-refractivity contribution >= 4 is 11.9 Å². The molecule has 214 valence electrons. The summed E-state index contributed by atoms with van der Waals surface area (Å²) in [6, 6.07) is 11.2. The lowest BCUT2D eigenvalue weighted by atomic mass is 9.90. The molecule has 0 saturated heterocycles. The van der Waals surface area contributed by atoms with E-state index in [1.807, 2.05) is 0 Å². The van der Waals surface area contributed by atoms with Crippen molar-refractivity contribution < 1.29 is 14.4 Å². The van der Waals surface area contributed by atoms with E-state index in [1.54, 1.807) is 0 Å². The monoisotopic (exact) mass is 526 g/mol. The second-order valence-electron chi connectivity index (χ2n) is 12.3. The first-order chi connectivity index (χ1) is 18.5. The number of amides is 1. The highest BCUT2D eigenvalue weighted by atomic mass is 16.7. The predicted molar refractivity (Wildman–Crippen MR) is 156 cm³/mol. The van der Waals surface area contributed by atoms with Crippen molar-refractivity contribution in [1.82, 2.24) is 10.4 Å². The fraction of sp³-hybridized carbons (Fsp3) is 0.758. The number of hydroxylamine groups is 2. The highest BCUT2D eigenvalue weighted by Gasteiger charge is 2.32. The lowest BCUT2D eigenvalue weighted by molar-refractivity contribution is -0.223. The lowest BCUT2D eigenvalue weighted by Gasteiger charge is -2.39. The molecular formula is C33H54N2O3. The fourth-order valence-electron chi connectivity index (χ4n) is 6.33. The molecule has 0 aliphatic heterocycles. The SMILES string of the molecule is CC(C)C[C@H](CC(=O)ON(C1CCCCC1)C1CCCCC1)NC(=O)CCCCCCCc1ccccc1. The second kappa shape index (κ2) is 17.7. The molecule has 38 heavy (non-hydrogen) atoms. The van der Waals surface area contributed by atoms with E-state index in [0.29, 0.717) is 24.4 Å². The number of aryl methyl sites for hydroxylation is 1. The summed E-state index contributed by atoms with van der Waals surface area (Å²) in [7, 11) is 0. The Kier molecular flexibility index (Phi) is 14.2. The molecule has 1 atom stereocenters. The van der Waals surface area contributed by atoms with E-state index in [2.05, 4.69) is 54.6 Å². The number of unbranched alkanes of at least 4 members (excludes halogenated alkanes) is 4. The smallest absolute Gasteiger partial charge is 0.327 e. The van der Waals surface area contributed by atoms with Gasteiger partial charge in [-0.15, -0.1) is 5.06 Å². The van der Waals surface area contributed by atoms with Gasteiger partial charge >= 0.3 is 5.97 Å². The van der Waals surface area contributed by atoms with E-state index in [-0.39, 0.29) is 24.3 Å². The molecule has 1 amide bonds. The van der Waals surface area contributed by atoms with Crippen molar-refractivity contribution in [3.63, 3.8) is 0 Å². The summed E-state index contributed by atoms with van der Waals surface area (Å²) < 4.78 is 0. The third kappa shape index (κ3) is 11.9. The number of rotatable bonds is 16. The van der Waals surface area contributed by atoms with Crippen LogP contribution >= 0.6 is 0 Å². The van der Waals surface area contributed by atoms with Gasteiger partial charge in [0.15, 0.2) is 0 Å². The molecule has 2 fully saturated rings. The molecule has 1 aromatic carbocycles. The van der Waals surface area contributed by atoms with Gasteiger partial charge in [-0.05, 0) is 62.8 Å². The molecule has 2 aliphatic rings. The van der Waals surface area contributed by atoms with E-state index in [0.717, 1.165) is 51.4 Å². The minimum Gasteiger partial charge on any atom is -0.367 e. The average molecular weight is 527 g/mol. The van der Waals surface area contributed by atoms with Crippen molar-refractivity contribution in [2.75, 3.05) is 0 Å². The molecule has 1 N–H and O–H groups in total. The van der Waals surface area contributed by atoms with Gasteiger partial charge in [0, 0.05) is 24.5 Å². The van der Waals surface area contributed by atoms with Crippen molar-refractivity contribution in [2.45, 2.75) is 154 Å². The summed E-state index contributed by atoms with van der Waals surface area (Å²) in [4.78, 5) is 32.0. The Morgan fingerprint density at radius 2 is 1.42 bits per heavy atom. The van der Waals surface area contributed by atoms with Gasteiger partial charge in [0.25, 0.3) is 0 Å². The first-order valence-electron chi connectivity index (χ1n) is 15.8. The van der Waals surface area contributed by atoms with Crippen molar-refractivity contribution in [3.8, 4) is 0 Å². The predicted octanol–water partition coefficient (Wildman–Crippen LogP) is 7.92. The molecule has 1 aromatic rings. The molecular weight excluding hydrogens is 472 g/mol. The quantitative estimate of drug-likeness (QED) is 0.176. The molecule has 2 aliphatic carbocycles. The van der Waals surface area contributed by atoms with Crippen molar-refractivity contribution in [3.05, 3.63) is 35.9 Å².